The highest BCUT2D eigenvalue weighted by Crippen LogP contribution is 2.28. The van der Waals surface area contributed by atoms with E-state index in [2.05, 4.69) is 20.9 Å². The zero-order chi connectivity index (χ0) is 15.0. The van der Waals surface area contributed by atoms with E-state index in [4.69, 9.17) is 0 Å². The van der Waals surface area contributed by atoms with E-state index in [-0.39, 0.29) is 9.79 Å². The quantitative estimate of drug-likeness (QED) is 0.645. The molecule has 0 unspecified atom stereocenters. The summed E-state index contributed by atoms with van der Waals surface area (Å²) in [5, 5.41) is 0.532. The van der Waals surface area contributed by atoms with Gasteiger partial charge in [-0.2, -0.15) is 0 Å². The molecule has 1 heterocycles. The first-order valence-corrected chi connectivity index (χ1v) is 8.31. The molecule has 0 saturated carbocycles. The standard InChI is InChI=1S/C15H9BrFNO2S/c16-10-1-6-13-14(9-10)18-8-7-15(13)21(19,20)12-4-2-11(17)3-5-12/h1-9H. The highest BCUT2D eigenvalue weighted by atomic mass is 79.9. The van der Waals surface area contributed by atoms with Crippen LogP contribution < -0.4 is 0 Å². The SMILES string of the molecule is O=S(=O)(c1ccc(F)cc1)c1ccnc2cc(Br)ccc12. The molecule has 3 rings (SSSR count). The van der Waals surface area contributed by atoms with Gasteiger partial charge in [0.05, 0.1) is 15.3 Å². The Bertz CT molecular complexity index is 924. The zero-order valence-electron chi connectivity index (χ0n) is 10.6. The molecule has 0 amide bonds. The zero-order valence-corrected chi connectivity index (χ0v) is 13.0. The Hall–Kier alpha value is -1.79. The van der Waals surface area contributed by atoms with E-state index in [0.29, 0.717) is 10.9 Å². The summed E-state index contributed by atoms with van der Waals surface area (Å²) in [5.41, 5.74) is 0.576. The summed E-state index contributed by atoms with van der Waals surface area (Å²) in [6, 6.07) is 11.4. The van der Waals surface area contributed by atoms with Crippen LogP contribution in [0.1, 0.15) is 0 Å². The molecular formula is C15H9BrFNO2S. The van der Waals surface area contributed by atoms with Crippen molar-refractivity contribution < 1.29 is 12.8 Å². The molecule has 0 bridgehead atoms. The van der Waals surface area contributed by atoms with Gasteiger partial charge in [-0.15, -0.1) is 0 Å². The van der Waals surface area contributed by atoms with E-state index < -0.39 is 15.7 Å². The van der Waals surface area contributed by atoms with Crippen molar-refractivity contribution in [1.82, 2.24) is 4.98 Å². The summed E-state index contributed by atoms with van der Waals surface area (Å²) in [6.07, 6.45) is 1.45. The monoisotopic (exact) mass is 365 g/mol. The van der Waals surface area contributed by atoms with Crippen molar-refractivity contribution in [2.24, 2.45) is 0 Å². The number of sulfone groups is 1. The second kappa shape index (κ2) is 5.20. The van der Waals surface area contributed by atoms with Gasteiger partial charge in [0.2, 0.25) is 9.84 Å². The molecule has 0 saturated heterocycles. The molecule has 21 heavy (non-hydrogen) atoms. The summed E-state index contributed by atoms with van der Waals surface area (Å²) < 4.78 is 39.1. The molecule has 0 fully saturated rings. The molecule has 0 atom stereocenters. The molecule has 0 spiro atoms. The average Bonchev–Trinajstić information content (AvgIpc) is 2.46. The summed E-state index contributed by atoms with van der Waals surface area (Å²) >= 11 is 3.33. The van der Waals surface area contributed by atoms with Gasteiger partial charge in [0, 0.05) is 16.1 Å². The summed E-state index contributed by atoms with van der Waals surface area (Å²) in [6.45, 7) is 0. The van der Waals surface area contributed by atoms with Crippen LogP contribution in [0.2, 0.25) is 0 Å². The third-order valence-corrected chi connectivity index (χ3v) is 5.40. The maximum Gasteiger partial charge on any atom is 0.207 e. The van der Waals surface area contributed by atoms with Crippen LogP contribution in [0.4, 0.5) is 4.39 Å². The molecule has 6 heteroatoms. The minimum absolute atomic E-state index is 0.0549. The Labute approximate surface area is 129 Å². The number of nitrogens with zero attached hydrogens (tertiary/aromatic N) is 1. The molecule has 0 radical (unpaired) electrons. The molecule has 0 aliphatic rings. The predicted molar refractivity (Wildman–Crippen MR) is 81.3 cm³/mol. The van der Waals surface area contributed by atoms with Crippen LogP contribution in [0.15, 0.2) is 69.0 Å². The molecule has 1 aromatic heterocycles. The average molecular weight is 366 g/mol. The molecule has 0 aliphatic carbocycles. The lowest BCUT2D eigenvalue weighted by Gasteiger charge is -2.08. The maximum absolute atomic E-state index is 13.0. The molecule has 3 aromatic rings. The number of pyridine rings is 1. The van der Waals surface area contributed by atoms with Crippen molar-refractivity contribution in [3.8, 4) is 0 Å². The van der Waals surface area contributed by atoms with Gasteiger partial charge >= 0.3 is 0 Å². The molecule has 0 aliphatic heterocycles. The number of rotatable bonds is 2. The van der Waals surface area contributed by atoms with Gasteiger partial charge in [-0.3, -0.25) is 4.98 Å². The van der Waals surface area contributed by atoms with Gasteiger partial charge in [0.1, 0.15) is 5.82 Å². The normalized spacial score (nSPS) is 11.7. The Kier molecular flexibility index (Phi) is 3.51. The largest absolute Gasteiger partial charge is 0.256 e. The lowest BCUT2D eigenvalue weighted by Crippen LogP contribution is -2.03. The highest BCUT2D eigenvalue weighted by Gasteiger charge is 2.20. The van der Waals surface area contributed by atoms with E-state index in [1.165, 1.54) is 24.4 Å². The van der Waals surface area contributed by atoms with E-state index >= 15 is 0 Å². The molecular weight excluding hydrogens is 357 g/mol. The van der Waals surface area contributed by atoms with E-state index in [9.17, 15) is 12.8 Å². The smallest absolute Gasteiger partial charge is 0.207 e. The number of hydrogen-bond acceptors (Lipinski definition) is 3. The fourth-order valence-electron chi connectivity index (χ4n) is 2.07. The van der Waals surface area contributed by atoms with Crippen molar-refractivity contribution in [2.75, 3.05) is 0 Å². The van der Waals surface area contributed by atoms with Crippen molar-refractivity contribution in [3.63, 3.8) is 0 Å². The minimum atomic E-state index is -3.72. The van der Waals surface area contributed by atoms with Crippen LogP contribution in [0.5, 0.6) is 0 Å². The van der Waals surface area contributed by atoms with Gasteiger partial charge in [0.15, 0.2) is 0 Å². The number of halogens is 2. The first kappa shape index (κ1) is 14.2. The first-order valence-electron chi connectivity index (χ1n) is 6.03. The Morgan fingerprint density at radius 2 is 1.71 bits per heavy atom. The summed E-state index contributed by atoms with van der Waals surface area (Å²) in [4.78, 5) is 4.38. The summed E-state index contributed by atoms with van der Waals surface area (Å²) in [5.74, 6) is -0.475. The van der Waals surface area contributed by atoms with Crippen LogP contribution in [-0.4, -0.2) is 13.4 Å². The van der Waals surface area contributed by atoms with Crippen molar-refractivity contribution >= 4 is 36.7 Å². The van der Waals surface area contributed by atoms with Gasteiger partial charge in [-0.1, -0.05) is 22.0 Å². The topological polar surface area (TPSA) is 47.0 Å². The van der Waals surface area contributed by atoms with Crippen LogP contribution in [0.3, 0.4) is 0 Å². The predicted octanol–water partition coefficient (Wildman–Crippen LogP) is 3.97. The maximum atomic E-state index is 13.0. The third kappa shape index (κ3) is 2.56. The second-order valence-electron chi connectivity index (χ2n) is 4.43. The number of benzene rings is 2. The lowest BCUT2D eigenvalue weighted by molar-refractivity contribution is 0.595. The molecule has 2 aromatic carbocycles. The van der Waals surface area contributed by atoms with Crippen LogP contribution in [0.25, 0.3) is 10.9 Å². The van der Waals surface area contributed by atoms with Gasteiger partial charge in [0.25, 0.3) is 0 Å². The van der Waals surface area contributed by atoms with Crippen molar-refractivity contribution in [2.45, 2.75) is 9.79 Å². The van der Waals surface area contributed by atoms with E-state index in [0.717, 1.165) is 16.6 Å². The number of hydrogen-bond donors (Lipinski definition) is 0. The fourth-order valence-corrected chi connectivity index (χ4v) is 3.87. The van der Waals surface area contributed by atoms with Crippen LogP contribution in [-0.2, 0) is 9.84 Å². The Morgan fingerprint density at radius 3 is 2.43 bits per heavy atom. The lowest BCUT2D eigenvalue weighted by atomic mass is 10.2. The first-order chi connectivity index (χ1) is 9.98. The van der Waals surface area contributed by atoms with Crippen molar-refractivity contribution in [1.29, 1.82) is 0 Å². The number of fused-ring (bicyclic) bond motifs is 1. The van der Waals surface area contributed by atoms with Gasteiger partial charge < -0.3 is 0 Å². The van der Waals surface area contributed by atoms with E-state index in [1.54, 1.807) is 18.2 Å². The fraction of sp³-hybridized carbons (Fsp3) is 0. The molecule has 106 valence electrons. The Morgan fingerprint density at radius 1 is 1.00 bits per heavy atom. The highest BCUT2D eigenvalue weighted by molar-refractivity contribution is 9.10. The van der Waals surface area contributed by atoms with E-state index in [1.807, 2.05) is 0 Å². The van der Waals surface area contributed by atoms with Gasteiger partial charge in [-0.05, 0) is 42.5 Å². The minimum Gasteiger partial charge on any atom is -0.256 e. The Balaban J connectivity index is 2.26. The molecule has 3 nitrogen and oxygen atoms in total. The summed E-state index contributed by atoms with van der Waals surface area (Å²) in [7, 11) is -3.72. The van der Waals surface area contributed by atoms with Crippen LogP contribution in [0, 0.1) is 5.82 Å². The number of aromatic nitrogens is 1. The van der Waals surface area contributed by atoms with Gasteiger partial charge in [-0.25, -0.2) is 12.8 Å². The molecule has 0 N–H and O–H groups in total. The third-order valence-electron chi connectivity index (χ3n) is 3.08. The second-order valence-corrected chi connectivity index (χ2v) is 7.26. The van der Waals surface area contributed by atoms with Crippen LogP contribution >= 0.6 is 15.9 Å². The van der Waals surface area contributed by atoms with Crippen molar-refractivity contribution in [3.05, 3.63) is 65.0 Å².